The van der Waals surface area contributed by atoms with Crippen LogP contribution in [0.25, 0.3) is 10.9 Å². The maximum Gasteiger partial charge on any atom is 0.338 e. The molecule has 2 aromatic carbocycles. The summed E-state index contributed by atoms with van der Waals surface area (Å²) in [4.78, 5) is 42.3. The Morgan fingerprint density at radius 2 is 1.90 bits per heavy atom. The number of esters is 1. The molecule has 7 nitrogen and oxygen atoms in total. The van der Waals surface area contributed by atoms with E-state index in [1.54, 1.807) is 16.7 Å². The van der Waals surface area contributed by atoms with Gasteiger partial charge >= 0.3 is 5.97 Å². The molecule has 1 aliphatic rings. The number of hydrogen-bond acceptors (Lipinski definition) is 5. The monoisotopic (exact) mass is 419 g/mol. The van der Waals surface area contributed by atoms with E-state index in [0.717, 1.165) is 24.2 Å². The number of nitrogens with one attached hydrogen (secondary N) is 1. The van der Waals surface area contributed by atoms with Gasteiger partial charge in [0.2, 0.25) is 0 Å². The molecule has 0 bridgehead atoms. The van der Waals surface area contributed by atoms with Crippen molar-refractivity contribution in [3.8, 4) is 0 Å². The quantitative estimate of drug-likeness (QED) is 0.638. The number of carbonyl (C=O) groups excluding carboxylic acids is 2. The Labute approximate surface area is 180 Å². The van der Waals surface area contributed by atoms with Gasteiger partial charge in [-0.15, -0.1) is 0 Å². The lowest BCUT2D eigenvalue weighted by atomic mass is 10.0. The third-order valence-corrected chi connectivity index (χ3v) is 5.55. The fraction of sp³-hybridized carbons (Fsp3) is 0.333. The number of hydrogen-bond donors (Lipinski definition) is 1. The number of amides is 1. The van der Waals surface area contributed by atoms with Gasteiger partial charge in [0.1, 0.15) is 5.82 Å². The number of ether oxygens (including phenoxy) is 1. The summed E-state index contributed by atoms with van der Waals surface area (Å²) in [6.45, 7) is 6.30. The maximum atomic E-state index is 12.6. The van der Waals surface area contributed by atoms with Crippen molar-refractivity contribution < 1.29 is 14.3 Å². The summed E-state index contributed by atoms with van der Waals surface area (Å²) in [6, 6.07) is 12.2. The van der Waals surface area contributed by atoms with E-state index in [0.29, 0.717) is 23.1 Å². The lowest BCUT2D eigenvalue weighted by Gasteiger charge is -2.17. The second-order valence-corrected chi connectivity index (χ2v) is 8.10. The minimum Gasteiger partial charge on any atom is -0.449 e. The number of rotatable bonds is 5. The van der Waals surface area contributed by atoms with Gasteiger partial charge in [-0.1, -0.05) is 32.0 Å². The van der Waals surface area contributed by atoms with Crippen LogP contribution >= 0.6 is 0 Å². The van der Waals surface area contributed by atoms with Crippen molar-refractivity contribution in [2.75, 3.05) is 5.32 Å². The number of carbonyl (C=O) groups is 2. The zero-order valence-electron chi connectivity index (χ0n) is 17.8. The molecule has 0 spiro atoms. The Morgan fingerprint density at radius 3 is 2.68 bits per heavy atom. The second-order valence-electron chi connectivity index (χ2n) is 8.10. The van der Waals surface area contributed by atoms with Crippen LogP contribution in [0.3, 0.4) is 0 Å². The maximum absolute atomic E-state index is 12.6. The van der Waals surface area contributed by atoms with E-state index in [1.807, 2.05) is 38.1 Å². The summed E-state index contributed by atoms with van der Waals surface area (Å²) in [5.74, 6) is -0.0647. The van der Waals surface area contributed by atoms with Crippen LogP contribution in [-0.4, -0.2) is 27.5 Å². The molecule has 1 amide bonds. The second kappa shape index (κ2) is 8.34. The highest BCUT2D eigenvalue weighted by Crippen LogP contribution is 2.24. The summed E-state index contributed by atoms with van der Waals surface area (Å²) in [7, 11) is 0. The van der Waals surface area contributed by atoms with E-state index in [1.165, 1.54) is 13.0 Å². The van der Waals surface area contributed by atoms with E-state index in [2.05, 4.69) is 10.3 Å². The zero-order valence-corrected chi connectivity index (χ0v) is 17.8. The first-order chi connectivity index (χ1) is 14.8. The van der Waals surface area contributed by atoms with Crippen LogP contribution < -0.4 is 10.9 Å². The average Bonchev–Trinajstić information content (AvgIpc) is 3.22. The molecule has 0 radical (unpaired) electrons. The van der Waals surface area contributed by atoms with Crippen molar-refractivity contribution in [3.63, 3.8) is 0 Å². The molecular weight excluding hydrogens is 394 g/mol. The zero-order chi connectivity index (χ0) is 22.1. The minimum atomic E-state index is -0.984. The van der Waals surface area contributed by atoms with E-state index in [-0.39, 0.29) is 17.0 Å². The smallest absolute Gasteiger partial charge is 0.338 e. The molecule has 0 unspecified atom stereocenters. The summed E-state index contributed by atoms with van der Waals surface area (Å²) in [5, 5.41) is 3.31. The molecule has 0 saturated heterocycles. The fourth-order valence-corrected chi connectivity index (χ4v) is 3.84. The predicted octanol–water partition coefficient (Wildman–Crippen LogP) is 3.65. The van der Waals surface area contributed by atoms with E-state index in [9.17, 15) is 14.4 Å². The number of aromatic nitrogens is 2. The highest BCUT2D eigenvalue weighted by atomic mass is 16.5. The van der Waals surface area contributed by atoms with Crippen LogP contribution in [0.4, 0.5) is 5.69 Å². The normalized spacial score (nSPS) is 13.8. The van der Waals surface area contributed by atoms with Gasteiger partial charge in [0.05, 0.1) is 16.5 Å². The van der Waals surface area contributed by atoms with Crippen molar-refractivity contribution >= 4 is 28.5 Å². The molecule has 0 saturated carbocycles. The first-order valence-electron chi connectivity index (χ1n) is 10.5. The molecule has 1 aliphatic heterocycles. The molecule has 160 valence electrons. The van der Waals surface area contributed by atoms with Crippen molar-refractivity contribution in [2.24, 2.45) is 0 Å². The fourth-order valence-electron chi connectivity index (χ4n) is 3.84. The van der Waals surface area contributed by atoms with Gasteiger partial charge in [-0.3, -0.25) is 14.2 Å². The number of aryl methyl sites for hydroxylation is 1. The van der Waals surface area contributed by atoms with E-state index < -0.39 is 18.0 Å². The Morgan fingerprint density at radius 1 is 1.13 bits per heavy atom. The van der Waals surface area contributed by atoms with Crippen LogP contribution in [-0.2, 0) is 22.5 Å². The number of anilines is 1. The average molecular weight is 419 g/mol. The van der Waals surface area contributed by atoms with E-state index in [4.69, 9.17) is 4.74 Å². The van der Waals surface area contributed by atoms with Gasteiger partial charge in [-0.25, -0.2) is 9.78 Å². The van der Waals surface area contributed by atoms with Gasteiger partial charge in [0.25, 0.3) is 11.5 Å². The van der Waals surface area contributed by atoms with Gasteiger partial charge in [0, 0.05) is 18.7 Å². The first kappa shape index (κ1) is 20.8. The summed E-state index contributed by atoms with van der Waals surface area (Å²) >= 11 is 0. The van der Waals surface area contributed by atoms with Gasteiger partial charge in [0.15, 0.2) is 6.10 Å². The first-order valence-corrected chi connectivity index (χ1v) is 10.5. The third-order valence-electron chi connectivity index (χ3n) is 5.55. The van der Waals surface area contributed by atoms with Crippen LogP contribution in [0, 0.1) is 0 Å². The highest BCUT2D eigenvalue weighted by molar-refractivity contribution is 5.99. The number of para-hydroxylation sites is 1. The summed E-state index contributed by atoms with van der Waals surface area (Å²) < 4.78 is 7.06. The molecule has 4 rings (SSSR count). The minimum absolute atomic E-state index is 0.0889. The molecule has 1 N–H and O–H groups in total. The molecular formula is C24H25N3O4. The Hall–Kier alpha value is -3.48. The molecule has 31 heavy (non-hydrogen) atoms. The Bertz CT molecular complexity index is 1230. The van der Waals surface area contributed by atoms with Gasteiger partial charge in [-0.2, -0.15) is 0 Å². The molecule has 7 heteroatoms. The van der Waals surface area contributed by atoms with Gasteiger partial charge < -0.3 is 10.1 Å². The standard InChI is InChI=1S/C24H25N3O4/c1-14(2)17-7-4-5-8-19(17)26-22(28)15(3)31-24(30)16-10-11-18-20(13-16)25-21-9-6-12-27(21)23(18)29/h4-5,7-8,10-11,13-15H,6,9,12H2,1-3H3,(H,26,28)/t15-/m0/s1. The van der Waals surface area contributed by atoms with Crippen molar-refractivity contribution in [3.05, 3.63) is 69.8 Å². The largest absolute Gasteiger partial charge is 0.449 e. The van der Waals surface area contributed by atoms with E-state index >= 15 is 0 Å². The SMILES string of the molecule is CC(C)c1ccccc1NC(=O)[C@H](C)OC(=O)c1ccc2c(=O)n3c(nc2c1)CCC3. The molecule has 3 aromatic rings. The lowest BCUT2D eigenvalue weighted by Crippen LogP contribution is -2.30. The number of benzene rings is 2. The van der Waals surface area contributed by atoms with Crippen molar-refractivity contribution in [1.29, 1.82) is 0 Å². The Kier molecular flexibility index (Phi) is 5.59. The van der Waals surface area contributed by atoms with Crippen molar-refractivity contribution in [1.82, 2.24) is 9.55 Å². The topological polar surface area (TPSA) is 90.3 Å². The molecule has 1 atom stereocenters. The highest BCUT2D eigenvalue weighted by Gasteiger charge is 2.22. The molecule has 0 fully saturated rings. The van der Waals surface area contributed by atoms with Crippen LogP contribution in [0.15, 0.2) is 47.3 Å². The third kappa shape index (κ3) is 4.08. The van der Waals surface area contributed by atoms with Crippen LogP contribution in [0.2, 0.25) is 0 Å². The van der Waals surface area contributed by atoms with Crippen LogP contribution in [0.1, 0.15) is 54.9 Å². The summed E-state index contributed by atoms with van der Waals surface area (Å²) in [5.41, 5.74) is 2.34. The molecule has 0 aliphatic carbocycles. The Balaban J connectivity index is 1.50. The lowest BCUT2D eigenvalue weighted by molar-refractivity contribution is -0.123. The van der Waals surface area contributed by atoms with Crippen molar-refractivity contribution in [2.45, 2.75) is 52.2 Å². The number of nitrogens with zero attached hydrogens (tertiary/aromatic N) is 2. The van der Waals surface area contributed by atoms with Gasteiger partial charge in [-0.05, 0) is 49.1 Å². The number of fused-ring (bicyclic) bond motifs is 2. The van der Waals surface area contributed by atoms with Crippen LogP contribution in [0.5, 0.6) is 0 Å². The molecule has 2 heterocycles. The summed E-state index contributed by atoms with van der Waals surface area (Å²) in [6.07, 6.45) is 0.650. The molecule has 1 aromatic heterocycles. The predicted molar refractivity (Wildman–Crippen MR) is 118 cm³/mol.